The van der Waals surface area contributed by atoms with Crippen molar-refractivity contribution >= 4 is 40.5 Å². The number of amidine groups is 2. The van der Waals surface area contributed by atoms with Crippen LogP contribution in [0.15, 0.2) is 41.4 Å². The maximum Gasteiger partial charge on any atom is 0.161 e. The van der Waals surface area contributed by atoms with Gasteiger partial charge in [0.1, 0.15) is 0 Å². The van der Waals surface area contributed by atoms with Crippen LogP contribution >= 0.6 is 12.4 Å². The third-order valence-corrected chi connectivity index (χ3v) is 6.44. The smallest absolute Gasteiger partial charge is 0.161 e. The molecule has 1 fully saturated rings. The molecule has 1 aliphatic rings. The van der Waals surface area contributed by atoms with Gasteiger partial charge in [0, 0.05) is 44.7 Å². The molecule has 1 aliphatic heterocycles. The Morgan fingerprint density at radius 3 is 2.45 bits per heavy atom. The molecule has 182 valence electrons. The van der Waals surface area contributed by atoms with E-state index in [0.717, 1.165) is 19.0 Å². The van der Waals surface area contributed by atoms with E-state index in [1.165, 1.54) is 41.3 Å². The third-order valence-electron chi connectivity index (χ3n) is 6.44. The fourth-order valence-electron chi connectivity index (χ4n) is 4.37. The van der Waals surface area contributed by atoms with Gasteiger partial charge in [0.05, 0.1) is 19.4 Å². The average Bonchev–Trinajstić information content (AvgIpc) is 2.80. The van der Waals surface area contributed by atoms with Crippen molar-refractivity contribution in [3.8, 4) is 0 Å². The van der Waals surface area contributed by atoms with Crippen LogP contribution < -0.4 is 16.4 Å². The van der Waals surface area contributed by atoms with E-state index in [4.69, 9.17) is 21.6 Å². The van der Waals surface area contributed by atoms with E-state index in [9.17, 15) is 0 Å². The molecule has 1 unspecified atom stereocenters. The van der Waals surface area contributed by atoms with Crippen molar-refractivity contribution in [1.29, 1.82) is 5.41 Å². The lowest BCUT2D eigenvalue weighted by Gasteiger charge is -2.32. The molecule has 2 aromatic rings. The number of likely N-dealkylation sites (tertiary alicyclic amines) is 1. The largest absolute Gasteiger partial charge is 0.381 e. The van der Waals surface area contributed by atoms with Gasteiger partial charge < -0.3 is 21.1 Å². The molecule has 3 rings (SSSR count). The Balaban J connectivity index is 0.00000385. The van der Waals surface area contributed by atoms with Crippen molar-refractivity contribution in [3.05, 3.63) is 42.0 Å². The van der Waals surface area contributed by atoms with Crippen molar-refractivity contribution in [2.24, 2.45) is 22.4 Å². The monoisotopic (exact) mass is 474 g/mol. The molecular formula is C25H39ClN6O. The van der Waals surface area contributed by atoms with Crippen LogP contribution in [-0.4, -0.2) is 63.1 Å². The van der Waals surface area contributed by atoms with Gasteiger partial charge in [0.25, 0.3) is 0 Å². The summed E-state index contributed by atoms with van der Waals surface area (Å²) in [7, 11) is 4.13. The molecule has 0 aliphatic carbocycles. The van der Waals surface area contributed by atoms with E-state index in [1.807, 2.05) is 0 Å². The van der Waals surface area contributed by atoms with Crippen molar-refractivity contribution in [2.45, 2.75) is 38.7 Å². The summed E-state index contributed by atoms with van der Waals surface area (Å²) in [5, 5.41) is 9.95. The number of hydrogen-bond acceptors (Lipinski definition) is 5. The quantitative estimate of drug-likeness (QED) is 0.380. The van der Waals surface area contributed by atoms with Gasteiger partial charge in [-0.1, -0.05) is 43.7 Å². The van der Waals surface area contributed by atoms with Gasteiger partial charge >= 0.3 is 0 Å². The first-order chi connectivity index (χ1) is 15.4. The fraction of sp³-hybridized carbons (Fsp3) is 0.520. The van der Waals surface area contributed by atoms with Crippen LogP contribution in [0, 0.1) is 11.3 Å². The van der Waals surface area contributed by atoms with E-state index in [1.54, 1.807) is 0 Å². The summed E-state index contributed by atoms with van der Waals surface area (Å²) >= 11 is 0. The number of hydrogen-bond donors (Lipinski definition) is 3. The van der Waals surface area contributed by atoms with Crippen LogP contribution in [0.2, 0.25) is 0 Å². The first-order valence-corrected chi connectivity index (χ1v) is 11.5. The van der Waals surface area contributed by atoms with E-state index in [0.29, 0.717) is 19.7 Å². The van der Waals surface area contributed by atoms with Crippen molar-refractivity contribution < 1.29 is 4.74 Å². The van der Waals surface area contributed by atoms with E-state index < -0.39 is 0 Å². The van der Waals surface area contributed by atoms with Gasteiger partial charge in [-0.05, 0) is 35.8 Å². The number of anilines is 1. The fourth-order valence-corrected chi connectivity index (χ4v) is 4.37. The zero-order valence-electron chi connectivity index (χ0n) is 20.1. The first kappa shape index (κ1) is 26.9. The molecule has 5 N–H and O–H groups in total. The number of halogens is 1. The SMILES string of the molecule is CCC1CCN(COC(CN=C(N)C(=N)N)Cc2cccc3c(N(C)C)cccc23)CC1.Cl. The lowest BCUT2D eigenvalue weighted by Crippen LogP contribution is -2.38. The predicted octanol–water partition coefficient (Wildman–Crippen LogP) is 3.63. The number of benzene rings is 2. The second-order valence-electron chi connectivity index (χ2n) is 8.91. The first-order valence-electron chi connectivity index (χ1n) is 11.5. The highest BCUT2D eigenvalue weighted by Crippen LogP contribution is 2.29. The summed E-state index contributed by atoms with van der Waals surface area (Å²) in [5.41, 5.74) is 13.7. The van der Waals surface area contributed by atoms with Crippen molar-refractivity contribution in [2.75, 3.05) is 45.4 Å². The van der Waals surface area contributed by atoms with E-state index in [-0.39, 0.29) is 30.2 Å². The van der Waals surface area contributed by atoms with Crippen LogP contribution in [-0.2, 0) is 11.2 Å². The Kier molecular flexibility index (Phi) is 10.4. The molecule has 0 saturated carbocycles. The molecule has 1 saturated heterocycles. The molecule has 0 spiro atoms. The summed E-state index contributed by atoms with van der Waals surface area (Å²) in [6.07, 6.45) is 4.29. The van der Waals surface area contributed by atoms with Crippen molar-refractivity contribution in [3.63, 3.8) is 0 Å². The minimum Gasteiger partial charge on any atom is -0.381 e. The van der Waals surface area contributed by atoms with Gasteiger partial charge in [-0.15, -0.1) is 12.4 Å². The van der Waals surface area contributed by atoms with Crippen LogP contribution in [0.25, 0.3) is 10.8 Å². The summed E-state index contributed by atoms with van der Waals surface area (Å²) in [5.74, 6) is 0.699. The maximum absolute atomic E-state index is 7.51. The van der Waals surface area contributed by atoms with Crippen LogP contribution in [0.3, 0.4) is 0 Å². The lowest BCUT2D eigenvalue weighted by atomic mass is 9.95. The normalized spacial score (nSPS) is 16.4. The third kappa shape index (κ3) is 7.32. The number of aliphatic imine (C=N–C) groups is 1. The second-order valence-corrected chi connectivity index (χ2v) is 8.91. The number of ether oxygens (including phenoxy) is 1. The average molecular weight is 475 g/mol. The lowest BCUT2D eigenvalue weighted by molar-refractivity contribution is -0.0297. The number of nitrogens with zero attached hydrogens (tertiary/aromatic N) is 3. The van der Waals surface area contributed by atoms with Crippen LogP contribution in [0.5, 0.6) is 0 Å². The Morgan fingerprint density at radius 1 is 1.15 bits per heavy atom. The summed E-state index contributed by atoms with van der Waals surface area (Å²) in [6, 6.07) is 12.8. The van der Waals surface area contributed by atoms with E-state index >= 15 is 0 Å². The minimum absolute atomic E-state index is 0. The Labute approximate surface area is 204 Å². The second kappa shape index (κ2) is 12.8. The minimum atomic E-state index is -0.203. The summed E-state index contributed by atoms with van der Waals surface area (Å²) in [6.45, 7) is 5.39. The molecule has 1 heterocycles. The molecule has 1 atom stereocenters. The predicted molar refractivity (Wildman–Crippen MR) is 142 cm³/mol. The van der Waals surface area contributed by atoms with Crippen molar-refractivity contribution in [1.82, 2.24) is 4.90 Å². The molecule has 0 amide bonds. The van der Waals surface area contributed by atoms with Gasteiger partial charge in [-0.25, -0.2) is 0 Å². The summed E-state index contributed by atoms with van der Waals surface area (Å²) in [4.78, 5) is 8.84. The highest BCUT2D eigenvalue weighted by atomic mass is 35.5. The molecule has 0 bridgehead atoms. The Hall–Kier alpha value is -2.35. The zero-order chi connectivity index (χ0) is 23.1. The number of piperidine rings is 1. The number of nitrogens with two attached hydrogens (primary N) is 2. The standard InChI is InChI=1S/C25H38N6O.ClH/c1-4-18-11-13-31(14-12-18)17-32-20(16-29-25(28)24(26)27)15-19-7-5-9-22-21(19)8-6-10-23(22)30(2)3;/h5-10,18,20H,4,11-17H2,1-3H3,(H3,26,27)(H2,28,29);1H. The molecule has 8 heteroatoms. The number of nitrogens with one attached hydrogen (secondary N) is 1. The molecule has 7 nitrogen and oxygen atoms in total. The van der Waals surface area contributed by atoms with Gasteiger partial charge in [-0.3, -0.25) is 15.3 Å². The Morgan fingerprint density at radius 2 is 1.82 bits per heavy atom. The highest BCUT2D eigenvalue weighted by Gasteiger charge is 2.20. The van der Waals surface area contributed by atoms with Crippen LogP contribution in [0.4, 0.5) is 5.69 Å². The molecule has 33 heavy (non-hydrogen) atoms. The van der Waals surface area contributed by atoms with Gasteiger partial charge in [0.15, 0.2) is 11.7 Å². The molecular weight excluding hydrogens is 436 g/mol. The molecule has 0 aromatic heterocycles. The Bertz CT molecular complexity index is 940. The maximum atomic E-state index is 7.51. The number of rotatable bonds is 9. The van der Waals surface area contributed by atoms with Gasteiger partial charge in [-0.2, -0.15) is 0 Å². The highest BCUT2D eigenvalue weighted by molar-refractivity contribution is 6.37. The topological polar surface area (TPSA) is 104 Å². The van der Waals surface area contributed by atoms with Crippen LogP contribution in [0.1, 0.15) is 31.7 Å². The van der Waals surface area contributed by atoms with E-state index in [2.05, 4.69) is 72.2 Å². The summed E-state index contributed by atoms with van der Waals surface area (Å²) < 4.78 is 6.35. The zero-order valence-corrected chi connectivity index (χ0v) is 20.9. The van der Waals surface area contributed by atoms with Gasteiger partial charge in [0.2, 0.25) is 0 Å². The molecule has 2 aromatic carbocycles. The number of fused-ring (bicyclic) bond motifs is 1. The molecule has 0 radical (unpaired) electrons.